The topological polar surface area (TPSA) is 52.9 Å². The number of methoxy groups -OCH3 is 1. The summed E-state index contributed by atoms with van der Waals surface area (Å²) < 4.78 is 11.2. The monoisotopic (exact) mass is 497 g/mol. The fourth-order valence-electron chi connectivity index (χ4n) is 4.74. The smallest absolute Gasteiger partial charge is 0.0958 e. The van der Waals surface area contributed by atoms with Crippen molar-refractivity contribution in [3.8, 4) is 0 Å². The van der Waals surface area contributed by atoms with Crippen LogP contribution in [0.3, 0.4) is 0 Å². The number of anilines is 1. The highest BCUT2D eigenvalue weighted by atomic mass is 16.5. The first-order chi connectivity index (χ1) is 17.4. The third-order valence-electron chi connectivity index (χ3n) is 6.82. The van der Waals surface area contributed by atoms with Crippen LogP contribution in [-0.2, 0) is 9.47 Å². The average Bonchev–Trinajstić information content (AvgIpc) is 2.87. The van der Waals surface area contributed by atoms with E-state index in [1.165, 1.54) is 10.9 Å². The van der Waals surface area contributed by atoms with Crippen molar-refractivity contribution in [3.05, 3.63) is 40.5 Å². The van der Waals surface area contributed by atoms with Crippen molar-refractivity contribution in [2.75, 3.05) is 78.6 Å². The fraction of sp³-hybridized carbons (Fsp3) is 0.655. The number of fused-ring (bicyclic) bond motifs is 1. The summed E-state index contributed by atoms with van der Waals surface area (Å²) >= 11 is 0. The van der Waals surface area contributed by atoms with Gasteiger partial charge in [0, 0.05) is 52.6 Å². The number of nitrogens with zero attached hydrogens (tertiary/aromatic N) is 5. The van der Waals surface area contributed by atoms with Crippen LogP contribution in [-0.4, -0.2) is 102 Å². The molecule has 3 rings (SSSR count). The molecule has 0 radical (unpaired) electrons. The van der Waals surface area contributed by atoms with Crippen LogP contribution in [0.1, 0.15) is 33.6 Å². The second kappa shape index (κ2) is 14.6. The molecule has 0 bridgehead atoms. The number of benzene rings is 1. The molecule has 1 aromatic carbocycles. The molecule has 2 unspecified atom stereocenters. The molecule has 0 aliphatic carbocycles. The van der Waals surface area contributed by atoms with Crippen LogP contribution >= 0.6 is 0 Å². The first kappa shape index (κ1) is 28.5. The lowest BCUT2D eigenvalue weighted by atomic mass is 10.0. The lowest BCUT2D eigenvalue weighted by molar-refractivity contribution is 0.0417. The van der Waals surface area contributed by atoms with Crippen LogP contribution in [0.15, 0.2) is 40.0 Å². The summed E-state index contributed by atoms with van der Waals surface area (Å²) in [6.45, 7) is 14.1. The lowest BCUT2D eigenvalue weighted by Gasteiger charge is -2.36. The van der Waals surface area contributed by atoms with Gasteiger partial charge in [-0.25, -0.2) is 0 Å². The van der Waals surface area contributed by atoms with Crippen LogP contribution in [0, 0.1) is 5.92 Å². The number of hydrogen-bond acceptors (Lipinski definition) is 7. The maximum absolute atomic E-state index is 6.02. The van der Waals surface area contributed by atoms with Crippen molar-refractivity contribution in [3.63, 3.8) is 0 Å². The lowest BCUT2D eigenvalue weighted by Crippen LogP contribution is -2.50. The highest BCUT2D eigenvalue weighted by Gasteiger charge is 2.21. The molecule has 0 saturated carbocycles. The van der Waals surface area contributed by atoms with Crippen molar-refractivity contribution in [2.24, 2.45) is 15.9 Å². The van der Waals surface area contributed by atoms with Crippen molar-refractivity contribution in [1.82, 2.24) is 9.80 Å². The molecule has 0 aromatic heterocycles. The van der Waals surface area contributed by atoms with E-state index in [1.54, 1.807) is 7.11 Å². The van der Waals surface area contributed by atoms with E-state index in [-0.39, 0.29) is 12.1 Å². The number of ether oxygens (including phenoxy) is 2. The van der Waals surface area contributed by atoms with E-state index in [9.17, 15) is 0 Å². The number of piperazine rings is 1. The predicted molar refractivity (Wildman–Crippen MR) is 151 cm³/mol. The first-order valence-electron chi connectivity index (χ1n) is 13.5. The van der Waals surface area contributed by atoms with E-state index in [0.717, 1.165) is 63.2 Å². The summed E-state index contributed by atoms with van der Waals surface area (Å²) in [6.07, 6.45) is 8.17. The van der Waals surface area contributed by atoms with E-state index in [0.29, 0.717) is 19.1 Å². The number of aliphatic imine (C=N–C) groups is 1. The van der Waals surface area contributed by atoms with Gasteiger partial charge in [-0.15, -0.1) is 0 Å². The van der Waals surface area contributed by atoms with Gasteiger partial charge in [-0.2, -0.15) is 0 Å². The van der Waals surface area contributed by atoms with Crippen molar-refractivity contribution in [1.29, 1.82) is 0 Å². The molecule has 2 aliphatic rings. The Labute approximate surface area is 218 Å². The molecule has 0 N–H and O–H groups in total. The molecule has 36 heavy (non-hydrogen) atoms. The summed E-state index contributed by atoms with van der Waals surface area (Å²) in [6, 6.07) is 6.61. The molecular weight excluding hydrogens is 450 g/mol. The minimum Gasteiger partial charge on any atom is -0.382 e. The van der Waals surface area contributed by atoms with Gasteiger partial charge in [0.05, 0.1) is 42.1 Å². The van der Waals surface area contributed by atoms with Crippen molar-refractivity contribution < 1.29 is 9.47 Å². The molecule has 2 aliphatic heterocycles. The Bertz CT molecular complexity index is 980. The fourth-order valence-corrected chi connectivity index (χ4v) is 4.74. The van der Waals surface area contributed by atoms with Crippen LogP contribution in [0.4, 0.5) is 5.69 Å². The van der Waals surface area contributed by atoms with Gasteiger partial charge in [0.2, 0.25) is 0 Å². The number of rotatable bonds is 13. The van der Waals surface area contributed by atoms with Gasteiger partial charge in [-0.3, -0.25) is 14.9 Å². The second-order valence-corrected chi connectivity index (χ2v) is 10.5. The molecule has 7 heteroatoms. The highest BCUT2D eigenvalue weighted by Crippen LogP contribution is 2.18. The molecule has 2 heterocycles. The van der Waals surface area contributed by atoms with Gasteiger partial charge in [-0.1, -0.05) is 38.1 Å². The molecular formula is C29H47N5O2. The summed E-state index contributed by atoms with van der Waals surface area (Å²) in [5.41, 5.74) is 2.25. The van der Waals surface area contributed by atoms with E-state index < -0.39 is 0 Å². The normalized spacial score (nSPS) is 20.1. The molecule has 1 fully saturated rings. The van der Waals surface area contributed by atoms with Crippen LogP contribution in [0.2, 0.25) is 0 Å². The molecule has 1 saturated heterocycles. The Morgan fingerprint density at radius 1 is 1.19 bits per heavy atom. The zero-order chi connectivity index (χ0) is 25.9. The minimum absolute atomic E-state index is 0.0192. The number of allylic oxidation sites excluding steroid dienone is 1. The quantitative estimate of drug-likeness (QED) is 0.310. The molecule has 200 valence electrons. The highest BCUT2D eigenvalue weighted by molar-refractivity contribution is 5.65. The summed E-state index contributed by atoms with van der Waals surface area (Å²) in [7, 11) is 5.98. The van der Waals surface area contributed by atoms with E-state index in [1.807, 2.05) is 6.21 Å². The van der Waals surface area contributed by atoms with E-state index >= 15 is 0 Å². The van der Waals surface area contributed by atoms with E-state index in [4.69, 9.17) is 19.5 Å². The van der Waals surface area contributed by atoms with Gasteiger partial charge in [-0.05, 0) is 51.1 Å². The zero-order valence-corrected chi connectivity index (χ0v) is 23.3. The van der Waals surface area contributed by atoms with Gasteiger partial charge in [0.25, 0.3) is 0 Å². The van der Waals surface area contributed by atoms with Gasteiger partial charge < -0.3 is 19.3 Å². The average molecular weight is 498 g/mol. The molecule has 1 aromatic rings. The second-order valence-electron chi connectivity index (χ2n) is 10.5. The summed E-state index contributed by atoms with van der Waals surface area (Å²) in [5.74, 6) is 0.531. The number of para-hydroxylation sites is 1. The molecule has 2 atom stereocenters. The largest absolute Gasteiger partial charge is 0.382 e. The summed E-state index contributed by atoms with van der Waals surface area (Å²) in [4.78, 5) is 17.5. The Hall–Kier alpha value is -2.06. The molecule has 0 amide bonds. The first-order valence-corrected chi connectivity index (χ1v) is 13.5. The molecule has 0 spiro atoms. The Balaban J connectivity index is 1.74. The number of hydrogen-bond donors (Lipinski definition) is 0. The zero-order valence-electron chi connectivity index (χ0n) is 23.3. The summed E-state index contributed by atoms with van der Waals surface area (Å²) in [5, 5.41) is 2.35. The predicted octanol–water partition coefficient (Wildman–Crippen LogP) is 2.59. The SMILES string of the molecule is C/C=C(\N=CC(CC(C)C)OCCOC)C1CC=c2cccc(N3CCN(CCN(C)C)CC3)c2=N1. The Morgan fingerprint density at radius 3 is 2.64 bits per heavy atom. The Morgan fingerprint density at radius 2 is 1.97 bits per heavy atom. The van der Waals surface area contributed by atoms with Crippen molar-refractivity contribution in [2.45, 2.75) is 45.8 Å². The van der Waals surface area contributed by atoms with Crippen LogP contribution < -0.4 is 15.5 Å². The van der Waals surface area contributed by atoms with Gasteiger partial charge in [0.1, 0.15) is 0 Å². The standard InChI is InChI=1S/C29H47N5O2/c1-7-26(30-22-25(21-23(2)3)36-20-19-35-6)27-12-11-24-9-8-10-28(29(24)31-27)34-17-15-33(16-18-34)14-13-32(4)5/h7-11,22-23,25,27H,12-21H2,1-6H3/b26-7-,30-22?. The number of likely N-dealkylation sites (N-methyl/N-ethyl adjacent to an activating group) is 1. The van der Waals surface area contributed by atoms with E-state index in [2.05, 4.69) is 79.9 Å². The van der Waals surface area contributed by atoms with Crippen molar-refractivity contribution >= 4 is 18.0 Å². The maximum Gasteiger partial charge on any atom is 0.0958 e. The third-order valence-corrected chi connectivity index (χ3v) is 6.82. The van der Waals surface area contributed by atoms with Gasteiger partial charge in [0.15, 0.2) is 0 Å². The third kappa shape index (κ3) is 8.51. The molecule has 7 nitrogen and oxygen atoms in total. The van der Waals surface area contributed by atoms with Gasteiger partial charge >= 0.3 is 0 Å². The van der Waals surface area contributed by atoms with Crippen LogP contribution in [0.5, 0.6) is 0 Å². The Kier molecular flexibility index (Phi) is 11.6. The minimum atomic E-state index is -0.0192. The van der Waals surface area contributed by atoms with Crippen LogP contribution in [0.25, 0.3) is 6.08 Å². The maximum atomic E-state index is 6.02.